The Hall–Kier alpha value is -3.66. The van der Waals surface area contributed by atoms with Gasteiger partial charge in [0.2, 0.25) is 5.91 Å². The van der Waals surface area contributed by atoms with Gasteiger partial charge in [-0.05, 0) is 103 Å². The third-order valence-corrected chi connectivity index (χ3v) is 14.1. The van der Waals surface area contributed by atoms with Gasteiger partial charge in [-0.25, -0.2) is 14.4 Å². The fraction of sp³-hybridized carbons (Fsp3) is 0.632. The molecule has 5 aliphatic rings. The van der Waals surface area contributed by atoms with E-state index in [1.165, 1.54) is 30.6 Å². The topological polar surface area (TPSA) is 123 Å². The summed E-state index contributed by atoms with van der Waals surface area (Å²) in [6.07, 6.45) is 8.94. The van der Waals surface area contributed by atoms with E-state index < -0.39 is 16.0 Å². The number of anilines is 1. The van der Waals surface area contributed by atoms with Crippen LogP contribution in [0.3, 0.4) is 0 Å². The minimum absolute atomic E-state index is 0.0586. The highest BCUT2D eigenvalue weighted by Crippen LogP contribution is 2.45. The number of hydrogen-bond acceptors (Lipinski definition) is 9. The summed E-state index contributed by atoms with van der Waals surface area (Å²) in [7, 11) is -3.55. The van der Waals surface area contributed by atoms with Crippen molar-refractivity contribution in [2.45, 2.75) is 84.0 Å². The molecule has 2 amide bonds. The van der Waals surface area contributed by atoms with Crippen LogP contribution in [0.15, 0.2) is 43.4 Å². The number of aromatic nitrogens is 2. The number of nitrogens with zero attached hydrogens (tertiary/aromatic N) is 8. The lowest BCUT2D eigenvalue weighted by molar-refractivity contribution is -0.127. The van der Waals surface area contributed by atoms with Crippen LogP contribution in [0.2, 0.25) is 0 Å². The third kappa shape index (κ3) is 7.41. The zero-order valence-corrected chi connectivity index (χ0v) is 32.2. The third-order valence-electron chi connectivity index (χ3n) is 12.0. The van der Waals surface area contributed by atoms with Crippen molar-refractivity contribution in [2.75, 3.05) is 63.8 Å². The zero-order chi connectivity index (χ0) is 37.7. The summed E-state index contributed by atoms with van der Waals surface area (Å²) >= 11 is 0. The number of likely N-dealkylation sites (tertiary alicyclic amines) is 2. The Labute approximate surface area is 312 Å². The Bertz CT molecular complexity index is 1790. The average molecular weight is 753 g/mol. The molecule has 2 bridgehead atoms. The minimum Gasteiger partial charge on any atom is -0.451 e. The summed E-state index contributed by atoms with van der Waals surface area (Å²) in [5, 5.41) is 0. The molecule has 6 heterocycles. The van der Waals surface area contributed by atoms with Gasteiger partial charge < -0.3 is 24.3 Å². The van der Waals surface area contributed by atoms with E-state index in [-0.39, 0.29) is 52.7 Å². The first-order valence-electron chi connectivity index (χ1n) is 19.1. The van der Waals surface area contributed by atoms with Crippen LogP contribution in [0, 0.1) is 17.2 Å². The Morgan fingerprint density at radius 2 is 1.74 bits per heavy atom. The van der Waals surface area contributed by atoms with E-state index in [0.717, 1.165) is 58.4 Å². The molecule has 0 aliphatic carbocycles. The van der Waals surface area contributed by atoms with Crippen LogP contribution < -0.4 is 9.64 Å². The van der Waals surface area contributed by atoms with Crippen molar-refractivity contribution in [3.63, 3.8) is 0 Å². The van der Waals surface area contributed by atoms with Gasteiger partial charge in [-0.3, -0.25) is 9.59 Å². The molecular weight excluding hydrogens is 700 g/mol. The molecule has 5 fully saturated rings. The van der Waals surface area contributed by atoms with Crippen LogP contribution in [0.1, 0.15) is 70.2 Å². The fourth-order valence-electron chi connectivity index (χ4n) is 9.28. The maximum atomic E-state index is 14.4. The van der Waals surface area contributed by atoms with Gasteiger partial charge >= 0.3 is 0 Å². The molecule has 1 aromatic carbocycles. The molecule has 0 N–H and O–H groups in total. The van der Waals surface area contributed by atoms with Crippen LogP contribution in [-0.2, 0) is 15.0 Å². The van der Waals surface area contributed by atoms with Crippen LogP contribution in [0.25, 0.3) is 0 Å². The molecule has 13 nitrogen and oxygen atoms in total. The number of benzene rings is 1. The molecular formula is C38H53FN8O5S. The summed E-state index contributed by atoms with van der Waals surface area (Å²) in [4.78, 5) is 42.7. The van der Waals surface area contributed by atoms with Crippen LogP contribution in [-0.4, -0.2) is 137 Å². The maximum Gasteiger partial charge on any atom is 0.282 e. The number of carbonyl (C=O) groups excluding carboxylic acids is 2. The number of carbonyl (C=O) groups is 2. The normalized spacial score (nSPS) is 23.9. The monoisotopic (exact) mass is 752 g/mol. The van der Waals surface area contributed by atoms with Gasteiger partial charge in [0.1, 0.15) is 17.9 Å². The first-order chi connectivity index (χ1) is 25.3. The molecule has 15 heteroatoms. The van der Waals surface area contributed by atoms with Crippen molar-refractivity contribution in [3.05, 3.63) is 54.8 Å². The summed E-state index contributed by atoms with van der Waals surface area (Å²) < 4.78 is 51.1. The van der Waals surface area contributed by atoms with Crippen LogP contribution in [0.5, 0.6) is 11.5 Å². The smallest absolute Gasteiger partial charge is 0.282 e. The van der Waals surface area contributed by atoms with E-state index in [0.29, 0.717) is 50.1 Å². The van der Waals surface area contributed by atoms with E-state index in [4.69, 9.17) is 4.74 Å². The first-order valence-corrected chi connectivity index (χ1v) is 20.5. The number of fused-ring (bicyclic) bond motifs is 2. The summed E-state index contributed by atoms with van der Waals surface area (Å²) in [6.45, 7) is 17.9. The molecule has 7 rings (SSSR count). The summed E-state index contributed by atoms with van der Waals surface area (Å²) in [5.74, 6) is 0.892. The van der Waals surface area contributed by atoms with Crippen molar-refractivity contribution < 1.29 is 27.1 Å². The number of halogens is 1. The van der Waals surface area contributed by atoms with Crippen LogP contribution >= 0.6 is 0 Å². The summed E-state index contributed by atoms with van der Waals surface area (Å²) in [6, 6.07) is 3.67. The Morgan fingerprint density at radius 1 is 1.04 bits per heavy atom. The second-order valence-electron chi connectivity index (χ2n) is 16.2. The summed E-state index contributed by atoms with van der Waals surface area (Å²) in [5.41, 5.74) is 0.346. The van der Waals surface area contributed by atoms with E-state index in [1.807, 2.05) is 27.7 Å². The van der Waals surface area contributed by atoms with Gasteiger partial charge in [0.05, 0.1) is 11.8 Å². The van der Waals surface area contributed by atoms with Gasteiger partial charge in [0.25, 0.3) is 16.1 Å². The lowest BCUT2D eigenvalue weighted by Gasteiger charge is -2.54. The second-order valence-corrected chi connectivity index (χ2v) is 18.0. The Balaban J connectivity index is 0.900. The molecule has 0 unspecified atom stereocenters. The van der Waals surface area contributed by atoms with E-state index >= 15 is 0 Å². The average Bonchev–Trinajstić information content (AvgIpc) is 3.74. The molecule has 0 radical (unpaired) electrons. The van der Waals surface area contributed by atoms with Gasteiger partial charge in [-0.15, -0.1) is 0 Å². The first kappa shape index (κ1) is 37.6. The fourth-order valence-corrected chi connectivity index (χ4v) is 11.1. The Morgan fingerprint density at radius 3 is 2.36 bits per heavy atom. The molecule has 5 saturated heterocycles. The lowest BCUT2D eigenvalue weighted by Crippen LogP contribution is -2.61. The highest BCUT2D eigenvalue weighted by atomic mass is 32.2. The second kappa shape index (κ2) is 14.9. The van der Waals surface area contributed by atoms with E-state index in [9.17, 15) is 22.4 Å². The molecule has 1 spiro atoms. The van der Waals surface area contributed by atoms with E-state index in [1.54, 1.807) is 24.6 Å². The molecule has 1 aromatic heterocycles. The van der Waals surface area contributed by atoms with Crippen molar-refractivity contribution in [1.82, 2.24) is 33.3 Å². The molecule has 288 valence electrons. The number of hydrogen-bond donors (Lipinski definition) is 0. The molecule has 2 aromatic rings. The highest BCUT2D eigenvalue weighted by Gasteiger charge is 2.51. The van der Waals surface area contributed by atoms with Gasteiger partial charge in [0.15, 0.2) is 11.6 Å². The van der Waals surface area contributed by atoms with Crippen LogP contribution in [0.4, 0.5) is 10.2 Å². The number of piperazine rings is 1. The zero-order valence-electron chi connectivity index (χ0n) is 31.4. The predicted molar refractivity (Wildman–Crippen MR) is 199 cm³/mol. The molecule has 2 atom stereocenters. The standard InChI is InChI=1S/C38H53FN8O5S/c1-6-35(48)45-21-31-18-30(45)22-46(31)53(50,51)44-13-9-28(10-14-44)20-42-15-11-38(12-16-42)23-43(24-38)36-34(19-40-25-41-36)52-33-8-7-29(39)17-32(33)37(49)47(26(2)3)27(4)5/h6-8,17,19,25-28,30-31H,1,9-16,18,20-24H2,2-5H3/t30-,31-/m0/s1. The van der Waals surface area contributed by atoms with Gasteiger partial charge in [-0.2, -0.15) is 17.0 Å². The van der Waals surface area contributed by atoms with Crippen molar-refractivity contribution in [3.8, 4) is 11.5 Å². The SMILES string of the molecule is C=CC(=O)N1C[C@@H]2C[C@H]1CN2S(=O)(=O)N1CCC(CN2CCC3(CC2)CN(c2ncncc2Oc2ccc(F)cc2C(=O)N(C(C)C)C(C)C)C3)CC1. The number of ether oxygens (including phenoxy) is 1. The Kier molecular flexibility index (Phi) is 10.6. The van der Waals surface area contributed by atoms with Gasteiger partial charge in [0, 0.05) is 75.4 Å². The van der Waals surface area contributed by atoms with Crippen molar-refractivity contribution >= 4 is 27.8 Å². The largest absolute Gasteiger partial charge is 0.451 e. The number of amides is 2. The minimum atomic E-state index is -3.55. The van der Waals surface area contributed by atoms with Crippen molar-refractivity contribution in [2.24, 2.45) is 11.3 Å². The molecule has 0 saturated carbocycles. The predicted octanol–water partition coefficient (Wildman–Crippen LogP) is 4.00. The van der Waals surface area contributed by atoms with E-state index in [2.05, 4.69) is 26.3 Å². The van der Waals surface area contributed by atoms with Crippen molar-refractivity contribution in [1.29, 1.82) is 0 Å². The lowest BCUT2D eigenvalue weighted by atomic mass is 9.72. The molecule has 5 aliphatic heterocycles. The maximum absolute atomic E-state index is 14.4. The highest BCUT2D eigenvalue weighted by molar-refractivity contribution is 7.86. The number of piperidine rings is 2. The van der Waals surface area contributed by atoms with Gasteiger partial charge in [-0.1, -0.05) is 6.58 Å². The quantitative estimate of drug-likeness (QED) is 0.314. The molecule has 53 heavy (non-hydrogen) atoms. The number of rotatable bonds is 11.